The van der Waals surface area contributed by atoms with Crippen LogP contribution in [-0.4, -0.2) is 37.6 Å². The minimum Gasteiger partial charge on any atom is -0.459 e. The van der Waals surface area contributed by atoms with E-state index < -0.39 is 0 Å². The van der Waals surface area contributed by atoms with Crippen LogP contribution < -0.4 is 0 Å². The predicted octanol–water partition coefficient (Wildman–Crippen LogP) is 1.78. The van der Waals surface area contributed by atoms with Gasteiger partial charge in [-0.1, -0.05) is 0 Å². The largest absolute Gasteiger partial charge is 0.459 e. The molecule has 0 aliphatic carbocycles. The first-order chi connectivity index (χ1) is 7.77. The van der Waals surface area contributed by atoms with Gasteiger partial charge in [-0.15, -0.1) is 0 Å². The van der Waals surface area contributed by atoms with Crippen molar-refractivity contribution in [1.82, 2.24) is 4.90 Å². The third-order valence-electron chi connectivity index (χ3n) is 2.95. The summed E-state index contributed by atoms with van der Waals surface area (Å²) < 4.78 is 10.4. The molecule has 1 aromatic heterocycles. The average Bonchev–Trinajstić information content (AvgIpc) is 2.83. The zero-order valence-corrected chi connectivity index (χ0v) is 9.52. The molecule has 0 bridgehead atoms. The summed E-state index contributed by atoms with van der Waals surface area (Å²) in [5.41, 5.74) is 0. The second kappa shape index (κ2) is 5.16. The minimum atomic E-state index is -0.0449. The summed E-state index contributed by atoms with van der Waals surface area (Å²) in [6.07, 6.45) is 3.60. The SMILES string of the molecule is CN(CC1CCOCC1)C(=O)c1ccco1. The summed E-state index contributed by atoms with van der Waals surface area (Å²) >= 11 is 0. The van der Waals surface area contributed by atoms with Crippen molar-refractivity contribution in [1.29, 1.82) is 0 Å². The van der Waals surface area contributed by atoms with E-state index in [1.54, 1.807) is 17.0 Å². The van der Waals surface area contributed by atoms with Crippen LogP contribution in [-0.2, 0) is 4.74 Å². The van der Waals surface area contributed by atoms with Gasteiger partial charge in [-0.05, 0) is 30.9 Å². The second-order valence-corrected chi connectivity index (χ2v) is 4.22. The lowest BCUT2D eigenvalue weighted by Gasteiger charge is -2.26. The Morgan fingerprint density at radius 2 is 2.25 bits per heavy atom. The smallest absolute Gasteiger partial charge is 0.289 e. The fourth-order valence-electron chi connectivity index (χ4n) is 1.99. The topological polar surface area (TPSA) is 42.7 Å². The van der Waals surface area contributed by atoms with Crippen molar-refractivity contribution in [2.75, 3.05) is 26.8 Å². The highest BCUT2D eigenvalue weighted by Gasteiger charge is 2.20. The molecule has 88 valence electrons. The van der Waals surface area contributed by atoms with E-state index in [0.29, 0.717) is 11.7 Å². The summed E-state index contributed by atoms with van der Waals surface area (Å²) in [6.45, 7) is 2.41. The van der Waals surface area contributed by atoms with Gasteiger partial charge in [0.25, 0.3) is 5.91 Å². The highest BCUT2D eigenvalue weighted by Crippen LogP contribution is 2.16. The van der Waals surface area contributed by atoms with Gasteiger partial charge >= 0.3 is 0 Å². The highest BCUT2D eigenvalue weighted by atomic mass is 16.5. The summed E-state index contributed by atoms with van der Waals surface area (Å²) in [4.78, 5) is 13.6. The normalized spacial score (nSPS) is 17.3. The van der Waals surface area contributed by atoms with Crippen LogP contribution in [0.4, 0.5) is 0 Å². The third-order valence-corrected chi connectivity index (χ3v) is 2.95. The Hall–Kier alpha value is -1.29. The maximum absolute atomic E-state index is 11.9. The summed E-state index contributed by atoms with van der Waals surface area (Å²) in [6, 6.07) is 3.43. The van der Waals surface area contributed by atoms with Crippen LogP contribution in [0.25, 0.3) is 0 Å². The fourth-order valence-corrected chi connectivity index (χ4v) is 1.99. The second-order valence-electron chi connectivity index (χ2n) is 4.22. The quantitative estimate of drug-likeness (QED) is 0.784. The molecule has 0 spiro atoms. The molecule has 16 heavy (non-hydrogen) atoms. The van der Waals surface area contributed by atoms with Crippen LogP contribution in [0.15, 0.2) is 22.8 Å². The number of furan rings is 1. The molecular weight excluding hydrogens is 206 g/mol. The van der Waals surface area contributed by atoms with E-state index >= 15 is 0 Å². The molecule has 1 aliphatic heterocycles. The Morgan fingerprint density at radius 1 is 1.50 bits per heavy atom. The molecule has 4 heteroatoms. The van der Waals surface area contributed by atoms with E-state index in [-0.39, 0.29) is 5.91 Å². The zero-order chi connectivity index (χ0) is 11.4. The van der Waals surface area contributed by atoms with Gasteiger partial charge in [0, 0.05) is 26.8 Å². The molecule has 1 aromatic rings. The molecule has 0 unspecified atom stereocenters. The molecular formula is C12H17NO3. The van der Waals surface area contributed by atoms with E-state index in [9.17, 15) is 4.79 Å². The minimum absolute atomic E-state index is 0.0449. The predicted molar refractivity (Wildman–Crippen MR) is 59.2 cm³/mol. The number of rotatable bonds is 3. The Kier molecular flexibility index (Phi) is 3.62. The van der Waals surface area contributed by atoms with Crippen LogP contribution >= 0.6 is 0 Å². The zero-order valence-electron chi connectivity index (χ0n) is 9.52. The number of carbonyl (C=O) groups excluding carboxylic acids is 1. The molecule has 2 rings (SSSR count). The van der Waals surface area contributed by atoms with E-state index in [1.807, 2.05) is 7.05 Å². The van der Waals surface area contributed by atoms with Gasteiger partial charge in [-0.2, -0.15) is 0 Å². The van der Waals surface area contributed by atoms with E-state index in [1.165, 1.54) is 6.26 Å². The van der Waals surface area contributed by atoms with E-state index in [2.05, 4.69) is 0 Å². The molecule has 1 saturated heterocycles. The Balaban J connectivity index is 1.87. The summed E-state index contributed by atoms with van der Waals surface area (Å²) in [5, 5.41) is 0. The number of amides is 1. The van der Waals surface area contributed by atoms with Gasteiger partial charge in [0.1, 0.15) is 0 Å². The average molecular weight is 223 g/mol. The molecule has 1 aliphatic rings. The van der Waals surface area contributed by atoms with Crippen molar-refractivity contribution < 1.29 is 13.9 Å². The van der Waals surface area contributed by atoms with Gasteiger partial charge in [0.15, 0.2) is 5.76 Å². The first kappa shape index (κ1) is 11.2. The number of hydrogen-bond acceptors (Lipinski definition) is 3. The lowest BCUT2D eigenvalue weighted by molar-refractivity contribution is 0.0485. The van der Waals surface area contributed by atoms with Crippen molar-refractivity contribution in [2.45, 2.75) is 12.8 Å². The van der Waals surface area contributed by atoms with E-state index in [4.69, 9.17) is 9.15 Å². The molecule has 0 aromatic carbocycles. The lowest BCUT2D eigenvalue weighted by atomic mass is 10.00. The van der Waals surface area contributed by atoms with Gasteiger partial charge in [0.2, 0.25) is 0 Å². The van der Waals surface area contributed by atoms with Crippen molar-refractivity contribution in [3.8, 4) is 0 Å². The molecule has 4 nitrogen and oxygen atoms in total. The van der Waals surface area contributed by atoms with E-state index in [0.717, 1.165) is 32.6 Å². The molecule has 0 atom stereocenters. The van der Waals surface area contributed by atoms with Crippen molar-refractivity contribution in [2.24, 2.45) is 5.92 Å². The van der Waals surface area contributed by atoms with Gasteiger partial charge in [0.05, 0.1) is 6.26 Å². The van der Waals surface area contributed by atoms with Crippen molar-refractivity contribution >= 4 is 5.91 Å². The van der Waals surface area contributed by atoms with Crippen LogP contribution in [0.5, 0.6) is 0 Å². The number of carbonyl (C=O) groups is 1. The standard InChI is InChI=1S/C12H17NO3/c1-13(9-10-4-7-15-8-5-10)12(14)11-3-2-6-16-11/h2-3,6,10H,4-5,7-9H2,1H3. The van der Waals surface area contributed by atoms with Gasteiger partial charge < -0.3 is 14.1 Å². The molecule has 0 radical (unpaired) electrons. The molecule has 0 saturated carbocycles. The summed E-state index contributed by atoms with van der Waals surface area (Å²) in [5.74, 6) is 0.920. The summed E-state index contributed by atoms with van der Waals surface area (Å²) in [7, 11) is 1.82. The fraction of sp³-hybridized carbons (Fsp3) is 0.583. The third kappa shape index (κ3) is 2.64. The molecule has 1 amide bonds. The van der Waals surface area contributed by atoms with Crippen molar-refractivity contribution in [3.05, 3.63) is 24.2 Å². The van der Waals surface area contributed by atoms with Crippen molar-refractivity contribution in [3.63, 3.8) is 0 Å². The first-order valence-corrected chi connectivity index (χ1v) is 5.64. The van der Waals surface area contributed by atoms with Gasteiger partial charge in [-0.25, -0.2) is 0 Å². The number of hydrogen-bond donors (Lipinski definition) is 0. The lowest BCUT2D eigenvalue weighted by Crippen LogP contribution is -2.33. The highest BCUT2D eigenvalue weighted by molar-refractivity contribution is 5.91. The monoisotopic (exact) mass is 223 g/mol. The number of nitrogens with zero attached hydrogens (tertiary/aromatic N) is 1. The Morgan fingerprint density at radius 3 is 2.88 bits per heavy atom. The molecule has 1 fully saturated rings. The van der Waals surface area contributed by atoms with Crippen LogP contribution in [0.3, 0.4) is 0 Å². The van der Waals surface area contributed by atoms with Crippen LogP contribution in [0.1, 0.15) is 23.4 Å². The Labute approximate surface area is 95.2 Å². The van der Waals surface area contributed by atoms with Gasteiger partial charge in [-0.3, -0.25) is 4.79 Å². The van der Waals surface area contributed by atoms with Crippen LogP contribution in [0.2, 0.25) is 0 Å². The van der Waals surface area contributed by atoms with Crippen LogP contribution in [0, 0.1) is 5.92 Å². The maximum atomic E-state index is 11.9. The first-order valence-electron chi connectivity index (χ1n) is 5.64. The molecule has 2 heterocycles. The number of ether oxygens (including phenoxy) is 1. The Bertz CT molecular complexity index is 328. The maximum Gasteiger partial charge on any atom is 0.289 e. The molecule has 0 N–H and O–H groups in total.